The van der Waals surface area contributed by atoms with E-state index >= 15 is 0 Å². The van der Waals surface area contributed by atoms with Crippen molar-refractivity contribution in [1.82, 2.24) is 0 Å². The molecule has 21 heavy (non-hydrogen) atoms. The number of hydrogen-bond acceptors (Lipinski definition) is 4. The Kier molecular flexibility index (Phi) is 9.68. The highest BCUT2D eigenvalue weighted by Crippen LogP contribution is 2.26. The largest absolute Gasteiger partial charge is 0.286 e. The molecule has 8 heteroatoms. The van der Waals surface area contributed by atoms with Crippen LogP contribution >= 0.6 is 0 Å². The summed E-state index contributed by atoms with van der Waals surface area (Å²) in [5, 5.41) is 0. The third kappa shape index (κ3) is 13.2. The molecule has 0 spiro atoms. The fourth-order valence-electron chi connectivity index (χ4n) is 2.57. The van der Waals surface area contributed by atoms with Crippen LogP contribution in [0.5, 0.6) is 0 Å². The molecule has 0 radical (unpaired) electrons. The SMILES string of the molecule is CCC(CCCCS(=O)(=O)O)C(C)CCCCS(=O)(=O)O. The van der Waals surface area contributed by atoms with Crippen LogP contribution in [0.3, 0.4) is 0 Å². The average molecular weight is 344 g/mol. The molecule has 0 aliphatic heterocycles. The van der Waals surface area contributed by atoms with Crippen molar-refractivity contribution >= 4 is 20.2 Å². The van der Waals surface area contributed by atoms with E-state index in [4.69, 9.17) is 9.11 Å². The van der Waals surface area contributed by atoms with E-state index in [1.165, 1.54) is 0 Å². The highest BCUT2D eigenvalue weighted by Gasteiger charge is 2.16. The molecule has 0 aromatic rings. The van der Waals surface area contributed by atoms with Crippen molar-refractivity contribution in [1.29, 1.82) is 0 Å². The van der Waals surface area contributed by atoms with Crippen molar-refractivity contribution in [3.05, 3.63) is 0 Å². The van der Waals surface area contributed by atoms with E-state index in [2.05, 4.69) is 13.8 Å². The summed E-state index contributed by atoms with van der Waals surface area (Å²) in [7, 11) is -7.72. The second-order valence-corrected chi connectivity index (χ2v) is 8.85. The van der Waals surface area contributed by atoms with Crippen LogP contribution in [0, 0.1) is 11.8 Å². The van der Waals surface area contributed by atoms with Crippen molar-refractivity contribution in [2.24, 2.45) is 11.8 Å². The minimum Gasteiger partial charge on any atom is -0.286 e. The van der Waals surface area contributed by atoms with Crippen molar-refractivity contribution in [3.63, 3.8) is 0 Å². The van der Waals surface area contributed by atoms with Crippen LogP contribution in [0.15, 0.2) is 0 Å². The van der Waals surface area contributed by atoms with Gasteiger partial charge in [-0.15, -0.1) is 0 Å². The zero-order valence-corrected chi connectivity index (χ0v) is 14.5. The molecule has 0 bridgehead atoms. The molecule has 128 valence electrons. The van der Waals surface area contributed by atoms with E-state index in [-0.39, 0.29) is 11.5 Å². The van der Waals surface area contributed by atoms with Gasteiger partial charge in [0.15, 0.2) is 0 Å². The summed E-state index contributed by atoms with van der Waals surface area (Å²) in [6.45, 7) is 4.20. The molecule has 6 nitrogen and oxygen atoms in total. The standard InChI is InChI=1S/C13H28O6S2/c1-3-13(9-5-7-11-21(17,18)19)12(2)8-4-6-10-20(14,15)16/h12-13H,3-11H2,1-2H3,(H,14,15,16)(H,17,18,19). The Balaban J connectivity index is 3.93. The van der Waals surface area contributed by atoms with Crippen LogP contribution in [0.25, 0.3) is 0 Å². The first-order valence-electron chi connectivity index (χ1n) is 7.45. The van der Waals surface area contributed by atoms with Crippen molar-refractivity contribution in [2.75, 3.05) is 11.5 Å². The maximum Gasteiger partial charge on any atom is 0.264 e. The summed E-state index contributed by atoms with van der Waals surface area (Å²) in [4.78, 5) is 0. The Morgan fingerprint density at radius 3 is 1.62 bits per heavy atom. The van der Waals surface area contributed by atoms with E-state index < -0.39 is 20.2 Å². The lowest BCUT2D eigenvalue weighted by molar-refractivity contribution is 0.295. The van der Waals surface area contributed by atoms with Gasteiger partial charge in [-0.3, -0.25) is 9.11 Å². The zero-order valence-electron chi connectivity index (χ0n) is 12.9. The van der Waals surface area contributed by atoms with Gasteiger partial charge in [-0.05, 0) is 24.7 Å². The molecule has 0 aromatic heterocycles. The summed E-state index contributed by atoms with van der Waals surface area (Å²) >= 11 is 0. The molecule has 0 rings (SSSR count). The van der Waals surface area contributed by atoms with Crippen molar-refractivity contribution in [3.8, 4) is 0 Å². The van der Waals surface area contributed by atoms with Gasteiger partial charge < -0.3 is 0 Å². The third-order valence-electron chi connectivity index (χ3n) is 3.87. The maximum atomic E-state index is 10.6. The van der Waals surface area contributed by atoms with Crippen LogP contribution in [0.1, 0.15) is 58.8 Å². The van der Waals surface area contributed by atoms with Gasteiger partial charge in [0.1, 0.15) is 0 Å². The molecule has 0 saturated heterocycles. The average Bonchev–Trinajstić information content (AvgIpc) is 2.32. The van der Waals surface area contributed by atoms with Gasteiger partial charge >= 0.3 is 0 Å². The zero-order chi connectivity index (χ0) is 16.5. The lowest BCUT2D eigenvalue weighted by Gasteiger charge is -2.22. The number of hydrogen-bond donors (Lipinski definition) is 2. The Bertz CT molecular complexity index is 469. The molecule has 2 atom stereocenters. The quantitative estimate of drug-likeness (QED) is 0.416. The van der Waals surface area contributed by atoms with Gasteiger partial charge in [-0.25, -0.2) is 0 Å². The first-order valence-corrected chi connectivity index (χ1v) is 10.7. The maximum absolute atomic E-state index is 10.6. The molecular weight excluding hydrogens is 316 g/mol. The summed E-state index contributed by atoms with van der Waals surface area (Å²) in [6, 6.07) is 0. The summed E-state index contributed by atoms with van der Waals surface area (Å²) in [5.74, 6) is 0.524. The lowest BCUT2D eigenvalue weighted by atomic mass is 9.84. The van der Waals surface area contributed by atoms with Crippen LogP contribution < -0.4 is 0 Å². The van der Waals surface area contributed by atoms with Crippen molar-refractivity contribution in [2.45, 2.75) is 58.8 Å². The molecule has 0 aliphatic rings. The van der Waals surface area contributed by atoms with Gasteiger partial charge in [-0.1, -0.05) is 46.0 Å². The Morgan fingerprint density at radius 1 is 0.810 bits per heavy atom. The van der Waals surface area contributed by atoms with Crippen LogP contribution in [0.4, 0.5) is 0 Å². The Hall–Kier alpha value is -0.180. The number of unbranched alkanes of at least 4 members (excludes halogenated alkanes) is 2. The minimum absolute atomic E-state index is 0.188. The second kappa shape index (κ2) is 9.76. The van der Waals surface area contributed by atoms with Crippen LogP contribution in [0.2, 0.25) is 0 Å². The first kappa shape index (κ1) is 20.8. The molecule has 0 heterocycles. The topological polar surface area (TPSA) is 109 Å². The van der Waals surface area contributed by atoms with E-state index in [0.717, 1.165) is 32.1 Å². The predicted molar refractivity (Wildman–Crippen MR) is 83.5 cm³/mol. The van der Waals surface area contributed by atoms with Gasteiger partial charge in [0.05, 0.1) is 11.5 Å². The van der Waals surface area contributed by atoms with Gasteiger partial charge in [0, 0.05) is 0 Å². The van der Waals surface area contributed by atoms with Gasteiger partial charge in [0.2, 0.25) is 0 Å². The minimum atomic E-state index is -3.86. The fraction of sp³-hybridized carbons (Fsp3) is 1.00. The first-order chi connectivity index (χ1) is 9.55. The molecule has 0 amide bonds. The summed E-state index contributed by atoms with van der Waals surface area (Å²) < 4.78 is 59.8. The molecule has 0 aliphatic carbocycles. The molecule has 2 N–H and O–H groups in total. The van der Waals surface area contributed by atoms with E-state index in [1.54, 1.807) is 0 Å². The normalized spacial score (nSPS) is 15.8. The highest BCUT2D eigenvalue weighted by atomic mass is 32.2. The van der Waals surface area contributed by atoms with Gasteiger partial charge in [0.25, 0.3) is 20.2 Å². The van der Waals surface area contributed by atoms with Crippen LogP contribution in [-0.4, -0.2) is 37.4 Å². The molecular formula is C13H28O6S2. The smallest absolute Gasteiger partial charge is 0.264 e. The van der Waals surface area contributed by atoms with E-state index in [9.17, 15) is 16.8 Å². The third-order valence-corrected chi connectivity index (χ3v) is 5.48. The van der Waals surface area contributed by atoms with E-state index in [0.29, 0.717) is 24.7 Å². The lowest BCUT2D eigenvalue weighted by Crippen LogP contribution is -2.13. The second-order valence-electron chi connectivity index (χ2n) is 5.71. The Labute approximate surface area is 128 Å². The molecule has 2 unspecified atom stereocenters. The summed E-state index contributed by atoms with van der Waals surface area (Å²) in [6.07, 6.45) is 5.23. The highest BCUT2D eigenvalue weighted by molar-refractivity contribution is 7.86. The molecule has 0 aromatic carbocycles. The monoisotopic (exact) mass is 344 g/mol. The Morgan fingerprint density at radius 2 is 1.24 bits per heavy atom. The van der Waals surface area contributed by atoms with Crippen LogP contribution in [-0.2, 0) is 20.2 Å². The predicted octanol–water partition coefficient (Wildman–Crippen LogP) is 2.76. The molecule has 0 saturated carbocycles. The molecule has 0 fully saturated rings. The van der Waals surface area contributed by atoms with Crippen molar-refractivity contribution < 1.29 is 25.9 Å². The fourth-order valence-corrected chi connectivity index (χ4v) is 3.71. The summed E-state index contributed by atoms with van der Waals surface area (Å²) in [5.41, 5.74) is 0. The van der Waals surface area contributed by atoms with Gasteiger partial charge in [-0.2, -0.15) is 16.8 Å². The van der Waals surface area contributed by atoms with E-state index in [1.807, 2.05) is 0 Å². The number of rotatable bonds is 12.